The van der Waals surface area contributed by atoms with Crippen LogP contribution in [-0.4, -0.2) is 55.0 Å². The second-order valence-electron chi connectivity index (χ2n) is 11.2. The van der Waals surface area contributed by atoms with Gasteiger partial charge in [-0.15, -0.1) is 0 Å². The van der Waals surface area contributed by atoms with Crippen LogP contribution in [0.5, 0.6) is 0 Å². The summed E-state index contributed by atoms with van der Waals surface area (Å²) in [6.07, 6.45) is 6.04. The fourth-order valence-electron chi connectivity index (χ4n) is 5.79. The van der Waals surface area contributed by atoms with Gasteiger partial charge in [0.1, 0.15) is 27.3 Å². The molecule has 2 aromatic heterocycles. The van der Waals surface area contributed by atoms with Gasteiger partial charge in [-0.3, -0.25) is 14.6 Å². The topological polar surface area (TPSA) is 108 Å². The predicted molar refractivity (Wildman–Crippen MR) is 134 cm³/mol. The van der Waals surface area contributed by atoms with Gasteiger partial charge in [0.25, 0.3) is 0 Å². The SMILES string of the molecule is CCC1(C(=O)O)C=CC2N(C1)N=C(c1cc3ccc(Cl)nc3n1CC1CC1)C2(C(=O)O)C(C)(C)C. The van der Waals surface area contributed by atoms with Gasteiger partial charge in [-0.25, -0.2) is 4.98 Å². The minimum Gasteiger partial charge on any atom is -0.481 e. The van der Waals surface area contributed by atoms with E-state index in [1.807, 2.05) is 39.8 Å². The third-order valence-corrected chi connectivity index (χ3v) is 8.29. The highest BCUT2D eigenvalue weighted by Crippen LogP contribution is 2.53. The maximum atomic E-state index is 13.3. The maximum Gasteiger partial charge on any atom is 0.318 e. The van der Waals surface area contributed by atoms with Crippen molar-refractivity contribution in [2.75, 3.05) is 6.54 Å². The average molecular weight is 499 g/mol. The number of hydrazone groups is 1. The van der Waals surface area contributed by atoms with E-state index in [-0.39, 0.29) is 6.54 Å². The molecule has 9 heteroatoms. The summed E-state index contributed by atoms with van der Waals surface area (Å²) >= 11 is 6.25. The van der Waals surface area contributed by atoms with Crippen molar-refractivity contribution in [3.8, 4) is 0 Å². The van der Waals surface area contributed by atoms with Crippen LogP contribution >= 0.6 is 11.6 Å². The van der Waals surface area contributed by atoms with Crippen LogP contribution in [0, 0.1) is 22.2 Å². The van der Waals surface area contributed by atoms with Crippen LogP contribution in [0.1, 0.15) is 52.7 Å². The van der Waals surface area contributed by atoms with Crippen molar-refractivity contribution in [2.24, 2.45) is 27.3 Å². The van der Waals surface area contributed by atoms with Crippen molar-refractivity contribution in [3.63, 3.8) is 0 Å². The van der Waals surface area contributed by atoms with Crippen molar-refractivity contribution >= 4 is 40.3 Å². The van der Waals surface area contributed by atoms with Crippen LogP contribution in [0.15, 0.2) is 35.5 Å². The Bertz CT molecular complexity index is 1290. The monoisotopic (exact) mass is 498 g/mol. The Morgan fingerprint density at radius 3 is 2.49 bits per heavy atom. The first-order chi connectivity index (χ1) is 16.4. The normalized spacial score (nSPS) is 28.3. The summed E-state index contributed by atoms with van der Waals surface area (Å²) < 4.78 is 2.06. The molecule has 0 bridgehead atoms. The molecule has 3 aliphatic rings. The smallest absolute Gasteiger partial charge is 0.318 e. The van der Waals surface area contributed by atoms with Crippen molar-refractivity contribution in [3.05, 3.63) is 41.2 Å². The molecule has 1 fully saturated rings. The Morgan fingerprint density at radius 2 is 1.91 bits per heavy atom. The van der Waals surface area contributed by atoms with Crippen molar-refractivity contribution < 1.29 is 19.8 Å². The lowest BCUT2D eigenvalue weighted by atomic mass is 9.58. The molecule has 2 aromatic rings. The minimum atomic E-state index is -1.40. The highest BCUT2D eigenvalue weighted by atomic mass is 35.5. The van der Waals surface area contributed by atoms with E-state index < -0.39 is 34.2 Å². The van der Waals surface area contributed by atoms with Crippen molar-refractivity contribution in [1.82, 2.24) is 14.6 Å². The molecule has 1 aliphatic carbocycles. The molecular formula is C26H31ClN4O4. The molecule has 2 N–H and O–H groups in total. The van der Waals surface area contributed by atoms with Crippen LogP contribution in [0.4, 0.5) is 0 Å². The van der Waals surface area contributed by atoms with Gasteiger partial charge in [-0.2, -0.15) is 5.10 Å². The predicted octanol–water partition coefficient (Wildman–Crippen LogP) is 4.66. The van der Waals surface area contributed by atoms with Gasteiger partial charge in [0.2, 0.25) is 0 Å². The number of nitrogens with zero attached hydrogens (tertiary/aromatic N) is 4. The van der Waals surface area contributed by atoms with E-state index >= 15 is 0 Å². The van der Waals surface area contributed by atoms with Gasteiger partial charge in [0, 0.05) is 11.9 Å². The number of halogens is 1. The highest BCUT2D eigenvalue weighted by molar-refractivity contribution is 6.29. The summed E-state index contributed by atoms with van der Waals surface area (Å²) in [6, 6.07) is 4.97. The number of fused-ring (bicyclic) bond motifs is 2. The van der Waals surface area contributed by atoms with E-state index in [0.717, 1.165) is 18.2 Å². The third-order valence-electron chi connectivity index (χ3n) is 8.08. The van der Waals surface area contributed by atoms with Gasteiger partial charge in [0.05, 0.1) is 18.3 Å². The second-order valence-corrected chi connectivity index (χ2v) is 11.5. The molecule has 0 spiro atoms. The summed E-state index contributed by atoms with van der Waals surface area (Å²) in [6.45, 7) is 8.39. The van der Waals surface area contributed by atoms with Gasteiger partial charge in [0.15, 0.2) is 0 Å². The number of carbonyl (C=O) groups is 2. The molecule has 3 unspecified atom stereocenters. The quantitative estimate of drug-likeness (QED) is 0.443. The molecule has 4 heterocycles. The molecule has 35 heavy (non-hydrogen) atoms. The van der Waals surface area contributed by atoms with Crippen LogP contribution in [0.3, 0.4) is 0 Å². The van der Waals surface area contributed by atoms with E-state index in [9.17, 15) is 19.8 Å². The zero-order valence-corrected chi connectivity index (χ0v) is 21.2. The molecule has 8 nitrogen and oxygen atoms in total. The summed E-state index contributed by atoms with van der Waals surface area (Å²) in [5, 5.41) is 28.7. The number of hydrogen-bond acceptors (Lipinski definition) is 5. The lowest BCUT2D eigenvalue weighted by Gasteiger charge is -2.46. The number of pyridine rings is 1. The molecule has 0 amide bonds. The molecule has 1 saturated carbocycles. The zero-order chi connectivity index (χ0) is 25.3. The van der Waals surface area contributed by atoms with Crippen LogP contribution in [-0.2, 0) is 16.1 Å². The van der Waals surface area contributed by atoms with Crippen molar-refractivity contribution in [1.29, 1.82) is 0 Å². The molecule has 5 rings (SSSR count). The number of hydrogen-bond donors (Lipinski definition) is 2. The number of carboxylic acid groups (broad SMARTS) is 2. The molecule has 0 radical (unpaired) electrons. The lowest BCUT2D eigenvalue weighted by molar-refractivity contribution is -0.154. The number of aromatic nitrogens is 2. The maximum absolute atomic E-state index is 13.3. The van der Waals surface area contributed by atoms with Gasteiger partial charge < -0.3 is 14.8 Å². The molecule has 3 atom stereocenters. The van der Waals surface area contributed by atoms with E-state index in [1.54, 1.807) is 23.2 Å². The van der Waals surface area contributed by atoms with E-state index in [1.165, 1.54) is 0 Å². The summed E-state index contributed by atoms with van der Waals surface area (Å²) in [5.74, 6) is -1.41. The fraction of sp³-hybridized carbons (Fsp3) is 0.538. The summed E-state index contributed by atoms with van der Waals surface area (Å²) in [4.78, 5) is 30.1. The minimum absolute atomic E-state index is 0.113. The first-order valence-electron chi connectivity index (χ1n) is 12.1. The number of aliphatic carboxylic acids is 2. The third kappa shape index (κ3) is 3.40. The molecular weight excluding hydrogens is 468 g/mol. The van der Waals surface area contributed by atoms with Gasteiger partial charge in [-0.1, -0.05) is 51.4 Å². The average Bonchev–Trinajstić information content (AvgIpc) is 3.43. The lowest BCUT2D eigenvalue weighted by Crippen LogP contribution is -2.59. The summed E-state index contributed by atoms with van der Waals surface area (Å²) in [7, 11) is 0. The number of rotatable bonds is 6. The van der Waals surface area contributed by atoms with E-state index in [2.05, 4.69) is 9.55 Å². The van der Waals surface area contributed by atoms with Crippen molar-refractivity contribution in [2.45, 2.75) is 59.5 Å². The zero-order valence-electron chi connectivity index (χ0n) is 20.5. The Labute approximate surface area is 209 Å². The number of carboxylic acids is 2. The fourth-order valence-corrected chi connectivity index (χ4v) is 5.94. The Morgan fingerprint density at radius 1 is 1.20 bits per heavy atom. The van der Waals surface area contributed by atoms with E-state index in [0.29, 0.717) is 41.1 Å². The molecule has 186 valence electrons. The Hall–Kier alpha value is -2.87. The van der Waals surface area contributed by atoms with Crippen LogP contribution in [0.2, 0.25) is 5.15 Å². The first-order valence-corrected chi connectivity index (χ1v) is 12.5. The largest absolute Gasteiger partial charge is 0.481 e. The highest BCUT2D eigenvalue weighted by Gasteiger charge is 2.65. The van der Waals surface area contributed by atoms with Crippen LogP contribution < -0.4 is 0 Å². The standard InChI is InChI=1S/C26H31ClN4O4/c1-5-25(22(32)33)11-10-18-26(23(34)35,24(2,3)4)20(29-31(18)14-25)17-12-16-8-9-19(27)28-21(16)30(17)13-15-6-7-15/h8-12,15,18H,5-7,13-14H2,1-4H3,(H,32,33)(H,34,35). The Kier molecular flexibility index (Phi) is 5.33. The first kappa shape index (κ1) is 23.9. The van der Waals surface area contributed by atoms with E-state index in [4.69, 9.17) is 16.7 Å². The Balaban J connectivity index is 1.77. The second kappa shape index (κ2) is 7.82. The molecule has 2 aliphatic heterocycles. The molecule has 0 aromatic carbocycles. The van der Waals surface area contributed by atoms with Crippen LogP contribution in [0.25, 0.3) is 11.0 Å². The molecule has 0 saturated heterocycles. The summed E-state index contributed by atoms with van der Waals surface area (Å²) in [5.41, 5.74) is -1.39. The van der Waals surface area contributed by atoms with Gasteiger partial charge >= 0.3 is 11.9 Å². The van der Waals surface area contributed by atoms with Gasteiger partial charge in [-0.05, 0) is 48.8 Å².